The number of benzene rings is 1. The number of furan rings is 1. The van der Waals surface area contributed by atoms with Crippen molar-refractivity contribution in [2.24, 2.45) is 0 Å². The lowest BCUT2D eigenvalue weighted by Crippen LogP contribution is -2.31. The lowest BCUT2D eigenvalue weighted by atomic mass is 9.99. The Bertz CT molecular complexity index is 624. The van der Waals surface area contributed by atoms with Crippen LogP contribution in [0.3, 0.4) is 0 Å². The lowest BCUT2D eigenvalue weighted by Gasteiger charge is -2.24. The highest BCUT2D eigenvalue weighted by molar-refractivity contribution is 5.40. The Labute approximate surface area is 137 Å². The highest BCUT2D eigenvalue weighted by atomic mass is 16.5. The second kappa shape index (κ2) is 7.20. The van der Waals surface area contributed by atoms with Crippen LogP contribution in [-0.2, 0) is 6.42 Å². The van der Waals surface area contributed by atoms with Crippen molar-refractivity contribution in [2.45, 2.75) is 51.3 Å². The summed E-state index contributed by atoms with van der Waals surface area (Å²) >= 11 is 0. The molecule has 0 bridgehead atoms. The first-order valence-electron chi connectivity index (χ1n) is 8.40. The minimum atomic E-state index is -0.571. The first-order valence-corrected chi connectivity index (χ1v) is 8.40. The van der Waals surface area contributed by atoms with E-state index in [0.29, 0.717) is 12.2 Å². The fraction of sp³-hybridized carbons (Fsp3) is 0.474. The van der Waals surface area contributed by atoms with Gasteiger partial charge in [0.25, 0.3) is 0 Å². The molecule has 0 fully saturated rings. The molecule has 3 unspecified atom stereocenters. The molecule has 23 heavy (non-hydrogen) atoms. The second-order valence-electron chi connectivity index (χ2n) is 6.26. The molecular weight excluding hydrogens is 290 g/mol. The maximum absolute atomic E-state index is 10.2. The van der Waals surface area contributed by atoms with Crippen LogP contribution < -0.4 is 10.1 Å². The molecule has 2 aromatic rings. The number of fused-ring (bicyclic) bond motifs is 1. The van der Waals surface area contributed by atoms with Crippen molar-refractivity contribution < 1.29 is 14.3 Å². The van der Waals surface area contributed by atoms with Gasteiger partial charge in [-0.25, -0.2) is 0 Å². The standard InChI is InChI=1S/C19H25NO3/c1-3-16(14-6-7-18-15(12-14)8-10-23-18)20-13(2)11-17(21)19-5-4-9-22-19/h4-7,9,12-13,16-17,20-21H,3,8,10-11H2,1-2H3. The molecule has 3 atom stereocenters. The highest BCUT2D eigenvalue weighted by Crippen LogP contribution is 2.29. The van der Waals surface area contributed by atoms with Crippen molar-refractivity contribution in [1.82, 2.24) is 5.32 Å². The third kappa shape index (κ3) is 3.77. The van der Waals surface area contributed by atoms with Crippen LogP contribution >= 0.6 is 0 Å². The van der Waals surface area contributed by atoms with Gasteiger partial charge in [0.05, 0.1) is 12.9 Å². The number of aliphatic hydroxyl groups is 1. The monoisotopic (exact) mass is 315 g/mol. The van der Waals surface area contributed by atoms with Gasteiger partial charge in [-0.15, -0.1) is 0 Å². The van der Waals surface area contributed by atoms with Gasteiger partial charge in [-0.2, -0.15) is 0 Å². The highest BCUT2D eigenvalue weighted by Gasteiger charge is 2.20. The molecular formula is C19H25NO3. The summed E-state index contributed by atoms with van der Waals surface area (Å²) in [7, 11) is 0. The summed E-state index contributed by atoms with van der Waals surface area (Å²) in [6.45, 7) is 5.07. The quantitative estimate of drug-likeness (QED) is 0.816. The van der Waals surface area contributed by atoms with Crippen LogP contribution in [0.4, 0.5) is 0 Å². The van der Waals surface area contributed by atoms with E-state index >= 15 is 0 Å². The Morgan fingerprint density at radius 2 is 2.17 bits per heavy atom. The number of ether oxygens (including phenoxy) is 1. The average molecular weight is 315 g/mol. The van der Waals surface area contributed by atoms with Crippen molar-refractivity contribution in [2.75, 3.05) is 6.61 Å². The first-order chi connectivity index (χ1) is 11.2. The summed E-state index contributed by atoms with van der Waals surface area (Å²) in [5, 5.41) is 13.8. The topological polar surface area (TPSA) is 54.6 Å². The molecule has 1 aromatic heterocycles. The molecule has 0 radical (unpaired) electrons. The van der Waals surface area contributed by atoms with Gasteiger partial charge in [0.15, 0.2) is 0 Å². The van der Waals surface area contributed by atoms with Crippen LogP contribution in [0.2, 0.25) is 0 Å². The molecule has 0 saturated carbocycles. The molecule has 4 heteroatoms. The molecule has 2 heterocycles. The minimum absolute atomic E-state index is 0.185. The molecule has 3 rings (SSSR count). The van der Waals surface area contributed by atoms with Crippen LogP contribution in [0.15, 0.2) is 41.0 Å². The minimum Gasteiger partial charge on any atom is -0.493 e. The van der Waals surface area contributed by atoms with E-state index in [2.05, 4.69) is 37.4 Å². The van der Waals surface area contributed by atoms with Crippen LogP contribution in [0.1, 0.15) is 55.7 Å². The summed E-state index contributed by atoms with van der Waals surface area (Å²) in [5.74, 6) is 1.64. The van der Waals surface area contributed by atoms with Crippen molar-refractivity contribution in [1.29, 1.82) is 0 Å². The number of aliphatic hydroxyl groups excluding tert-OH is 1. The number of rotatable bonds is 7. The molecule has 4 nitrogen and oxygen atoms in total. The molecule has 2 N–H and O–H groups in total. The summed E-state index contributed by atoms with van der Waals surface area (Å²) < 4.78 is 10.8. The molecule has 0 saturated heterocycles. The van der Waals surface area contributed by atoms with Gasteiger partial charge < -0.3 is 19.6 Å². The summed E-state index contributed by atoms with van der Waals surface area (Å²) in [4.78, 5) is 0. The normalized spacial score (nSPS) is 17.3. The van der Waals surface area contributed by atoms with Crippen LogP contribution in [0.5, 0.6) is 5.75 Å². The van der Waals surface area contributed by atoms with Gasteiger partial charge in [-0.05, 0) is 49.1 Å². The van der Waals surface area contributed by atoms with E-state index in [9.17, 15) is 5.11 Å². The maximum Gasteiger partial charge on any atom is 0.132 e. The van der Waals surface area contributed by atoms with E-state index < -0.39 is 6.10 Å². The Morgan fingerprint density at radius 1 is 1.30 bits per heavy atom. The smallest absolute Gasteiger partial charge is 0.132 e. The predicted molar refractivity (Wildman–Crippen MR) is 89.6 cm³/mol. The number of hydrogen-bond donors (Lipinski definition) is 2. The van der Waals surface area contributed by atoms with Crippen molar-refractivity contribution in [3.8, 4) is 5.75 Å². The Morgan fingerprint density at radius 3 is 2.91 bits per heavy atom. The van der Waals surface area contributed by atoms with Gasteiger partial charge in [-0.1, -0.05) is 19.1 Å². The predicted octanol–water partition coefficient (Wildman–Crippen LogP) is 3.77. The molecule has 1 aliphatic heterocycles. The number of nitrogens with one attached hydrogen (secondary N) is 1. The Kier molecular flexibility index (Phi) is 5.03. The van der Waals surface area contributed by atoms with E-state index in [4.69, 9.17) is 9.15 Å². The Hall–Kier alpha value is -1.78. The van der Waals surface area contributed by atoms with E-state index in [1.165, 1.54) is 11.1 Å². The molecule has 0 amide bonds. The van der Waals surface area contributed by atoms with Crippen LogP contribution in [0, 0.1) is 0 Å². The molecule has 124 valence electrons. The van der Waals surface area contributed by atoms with Gasteiger partial charge in [0, 0.05) is 18.5 Å². The fourth-order valence-electron chi connectivity index (χ4n) is 3.22. The molecule has 0 spiro atoms. The summed E-state index contributed by atoms with van der Waals surface area (Å²) in [6, 6.07) is 10.5. The Balaban J connectivity index is 1.62. The molecule has 1 aromatic carbocycles. The largest absolute Gasteiger partial charge is 0.493 e. The van der Waals surface area contributed by atoms with Gasteiger partial charge in [0.2, 0.25) is 0 Å². The fourth-order valence-corrected chi connectivity index (χ4v) is 3.22. The van der Waals surface area contributed by atoms with E-state index in [-0.39, 0.29) is 12.1 Å². The average Bonchev–Trinajstić information content (AvgIpc) is 3.22. The van der Waals surface area contributed by atoms with E-state index in [1.54, 1.807) is 12.3 Å². The third-order valence-corrected chi connectivity index (χ3v) is 4.46. The van der Waals surface area contributed by atoms with E-state index in [0.717, 1.165) is 25.2 Å². The molecule has 0 aliphatic carbocycles. The van der Waals surface area contributed by atoms with Gasteiger partial charge in [-0.3, -0.25) is 0 Å². The SMILES string of the molecule is CCC(NC(C)CC(O)c1ccco1)c1ccc2c(c1)CCO2. The third-order valence-electron chi connectivity index (χ3n) is 4.46. The van der Waals surface area contributed by atoms with Crippen molar-refractivity contribution in [3.63, 3.8) is 0 Å². The number of hydrogen-bond acceptors (Lipinski definition) is 4. The summed E-state index contributed by atoms with van der Waals surface area (Å²) in [5.41, 5.74) is 2.59. The van der Waals surface area contributed by atoms with Crippen molar-refractivity contribution in [3.05, 3.63) is 53.5 Å². The van der Waals surface area contributed by atoms with Gasteiger partial charge in [0.1, 0.15) is 17.6 Å². The summed E-state index contributed by atoms with van der Waals surface area (Å²) in [6.07, 6.45) is 3.64. The zero-order valence-corrected chi connectivity index (χ0v) is 13.8. The second-order valence-corrected chi connectivity index (χ2v) is 6.26. The molecule has 1 aliphatic rings. The zero-order valence-electron chi connectivity index (χ0n) is 13.8. The van der Waals surface area contributed by atoms with Crippen LogP contribution in [0.25, 0.3) is 0 Å². The van der Waals surface area contributed by atoms with E-state index in [1.807, 2.05) is 6.07 Å². The lowest BCUT2D eigenvalue weighted by molar-refractivity contribution is 0.126. The van der Waals surface area contributed by atoms with Crippen molar-refractivity contribution >= 4 is 0 Å². The van der Waals surface area contributed by atoms with Gasteiger partial charge >= 0.3 is 0 Å². The van der Waals surface area contributed by atoms with Crippen LogP contribution in [-0.4, -0.2) is 17.8 Å². The first kappa shape index (κ1) is 16.1. The maximum atomic E-state index is 10.2. The zero-order chi connectivity index (χ0) is 16.2.